The highest BCUT2D eigenvalue weighted by molar-refractivity contribution is 6.33. The third-order valence-corrected chi connectivity index (χ3v) is 3.76. The number of aromatic nitrogens is 2. The van der Waals surface area contributed by atoms with Crippen LogP contribution < -0.4 is 5.32 Å². The minimum atomic E-state index is -0.179. The van der Waals surface area contributed by atoms with Gasteiger partial charge in [-0.15, -0.1) is 10.2 Å². The molecule has 0 saturated heterocycles. The maximum Gasteiger partial charge on any atom is 0.249 e. The number of anilines is 1. The van der Waals surface area contributed by atoms with Gasteiger partial charge in [-0.25, -0.2) is 0 Å². The van der Waals surface area contributed by atoms with Gasteiger partial charge in [-0.3, -0.25) is 4.79 Å². The number of carbonyl (C=O) groups is 1. The maximum absolute atomic E-state index is 12.0. The fourth-order valence-corrected chi connectivity index (χ4v) is 2.39. The molecule has 0 fully saturated rings. The van der Waals surface area contributed by atoms with E-state index < -0.39 is 0 Å². The van der Waals surface area contributed by atoms with E-state index in [1.54, 1.807) is 36.4 Å². The molecule has 0 radical (unpaired) electrons. The van der Waals surface area contributed by atoms with Gasteiger partial charge in [-0.2, -0.15) is 5.26 Å². The number of hydrogen-bond acceptors (Lipinski definition) is 5. The monoisotopic (exact) mass is 352 g/mol. The Hall–Kier alpha value is -3.17. The molecule has 0 unspecified atom stereocenters. The molecule has 1 heterocycles. The predicted octanol–water partition coefficient (Wildman–Crippen LogP) is 3.83. The molecule has 6 nitrogen and oxygen atoms in total. The zero-order valence-electron chi connectivity index (χ0n) is 13.1. The van der Waals surface area contributed by atoms with Crippen LogP contribution in [0.15, 0.2) is 52.9 Å². The van der Waals surface area contributed by atoms with Gasteiger partial charge in [0.25, 0.3) is 0 Å². The van der Waals surface area contributed by atoms with E-state index in [4.69, 9.17) is 21.3 Å². The lowest BCUT2D eigenvalue weighted by atomic mass is 10.2. The number of nitrogens with zero attached hydrogens (tertiary/aromatic N) is 3. The lowest BCUT2D eigenvalue weighted by Gasteiger charge is -2.03. The van der Waals surface area contributed by atoms with Gasteiger partial charge in [-0.1, -0.05) is 23.7 Å². The fourth-order valence-electron chi connectivity index (χ4n) is 2.17. The van der Waals surface area contributed by atoms with Gasteiger partial charge in [0.1, 0.15) is 0 Å². The fraction of sp³-hybridized carbons (Fsp3) is 0.111. The minimum Gasteiger partial charge on any atom is -0.421 e. The summed E-state index contributed by atoms with van der Waals surface area (Å²) in [4.78, 5) is 12.0. The lowest BCUT2D eigenvalue weighted by Crippen LogP contribution is -2.12. The molecule has 3 rings (SSSR count). The van der Waals surface area contributed by atoms with Crippen LogP contribution in [0.3, 0.4) is 0 Å². The summed E-state index contributed by atoms with van der Waals surface area (Å²) in [5, 5.41) is 19.9. The van der Waals surface area contributed by atoms with E-state index >= 15 is 0 Å². The molecule has 0 aliphatic rings. The smallest absolute Gasteiger partial charge is 0.249 e. The number of aryl methyl sites for hydroxylation is 1. The highest BCUT2D eigenvalue weighted by Gasteiger charge is 2.12. The zero-order valence-corrected chi connectivity index (χ0v) is 13.8. The van der Waals surface area contributed by atoms with Crippen molar-refractivity contribution in [3.05, 3.63) is 65.0 Å². The van der Waals surface area contributed by atoms with Crippen LogP contribution in [0.4, 0.5) is 5.69 Å². The molecule has 7 heteroatoms. The van der Waals surface area contributed by atoms with Gasteiger partial charge >= 0.3 is 0 Å². The summed E-state index contributed by atoms with van der Waals surface area (Å²) in [6, 6.07) is 15.8. The van der Waals surface area contributed by atoms with Gasteiger partial charge in [0, 0.05) is 18.5 Å². The predicted molar refractivity (Wildman–Crippen MR) is 92.9 cm³/mol. The number of hydrogen-bond donors (Lipinski definition) is 1. The first-order valence-electron chi connectivity index (χ1n) is 7.53. The van der Waals surface area contributed by atoms with Gasteiger partial charge < -0.3 is 9.73 Å². The molecule has 0 aliphatic carbocycles. The Bertz CT molecular complexity index is 929. The van der Waals surface area contributed by atoms with Crippen molar-refractivity contribution >= 4 is 23.2 Å². The number of nitriles is 1. The van der Waals surface area contributed by atoms with Crippen molar-refractivity contribution < 1.29 is 9.21 Å². The quantitative estimate of drug-likeness (QED) is 0.753. The topological polar surface area (TPSA) is 91.8 Å². The van der Waals surface area contributed by atoms with Crippen LogP contribution in [0.5, 0.6) is 0 Å². The second-order valence-corrected chi connectivity index (χ2v) is 5.63. The second kappa shape index (κ2) is 7.60. The van der Waals surface area contributed by atoms with Crippen molar-refractivity contribution in [2.45, 2.75) is 12.8 Å². The lowest BCUT2D eigenvalue weighted by molar-refractivity contribution is -0.116. The van der Waals surface area contributed by atoms with Crippen LogP contribution in [0, 0.1) is 11.3 Å². The summed E-state index contributed by atoms with van der Waals surface area (Å²) in [6.45, 7) is 0. The van der Waals surface area contributed by atoms with E-state index in [-0.39, 0.29) is 12.3 Å². The Morgan fingerprint density at radius 2 is 1.92 bits per heavy atom. The van der Waals surface area contributed by atoms with Crippen molar-refractivity contribution in [3.63, 3.8) is 0 Å². The molecule has 3 aromatic rings. The van der Waals surface area contributed by atoms with Crippen LogP contribution in [0.25, 0.3) is 11.5 Å². The molecule has 0 bridgehead atoms. The third-order valence-electron chi connectivity index (χ3n) is 3.43. The minimum absolute atomic E-state index is 0.179. The normalized spacial score (nSPS) is 10.2. The summed E-state index contributed by atoms with van der Waals surface area (Å²) >= 11 is 6.10. The largest absolute Gasteiger partial charge is 0.421 e. The number of rotatable bonds is 5. The van der Waals surface area contributed by atoms with Crippen LogP contribution in [0.2, 0.25) is 5.02 Å². The molecule has 0 atom stereocenters. The van der Waals surface area contributed by atoms with Crippen LogP contribution >= 0.6 is 11.6 Å². The summed E-state index contributed by atoms with van der Waals surface area (Å²) in [7, 11) is 0. The standard InChI is InChI=1S/C18H13ClN4O2/c19-15-4-2-1-3-14(15)18-23-22-17(25-18)10-9-16(24)21-13-7-5-12(11-20)6-8-13/h1-8H,9-10H2,(H,21,24). The number of amides is 1. The summed E-state index contributed by atoms with van der Waals surface area (Å²) in [5.74, 6) is 0.514. The maximum atomic E-state index is 12.0. The molecule has 0 saturated carbocycles. The summed E-state index contributed by atoms with van der Waals surface area (Å²) in [6.07, 6.45) is 0.518. The first kappa shape index (κ1) is 16.7. The Morgan fingerprint density at radius 1 is 1.16 bits per heavy atom. The van der Waals surface area contributed by atoms with E-state index in [2.05, 4.69) is 15.5 Å². The number of carbonyl (C=O) groups excluding carboxylic acids is 1. The Kier molecular flexibility index (Phi) is 5.07. The van der Waals surface area contributed by atoms with E-state index in [0.717, 1.165) is 0 Å². The highest BCUT2D eigenvalue weighted by atomic mass is 35.5. The molecule has 124 valence electrons. The van der Waals surface area contributed by atoms with Gasteiger partial charge in [0.2, 0.25) is 17.7 Å². The van der Waals surface area contributed by atoms with E-state index in [0.29, 0.717) is 40.0 Å². The van der Waals surface area contributed by atoms with E-state index in [1.165, 1.54) is 0 Å². The van der Waals surface area contributed by atoms with Gasteiger partial charge in [-0.05, 0) is 36.4 Å². The van der Waals surface area contributed by atoms with Crippen LogP contribution in [-0.2, 0) is 11.2 Å². The molecule has 1 N–H and O–H groups in total. The average molecular weight is 353 g/mol. The third kappa shape index (κ3) is 4.22. The Labute approximate surface area is 149 Å². The molecule has 0 aliphatic heterocycles. The number of nitrogens with one attached hydrogen (secondary N) is 1. The molecular formula is C18H13ClN4O2. The Morgan fingerprint density at radius 3 is 2.64 bits per heavy atom. The molecular weight excluding hydrogens is 340 g/mol. The number of halogens is 1. The van der Waals surface area contributed by atoms with Gasteiger partial charge in [0.05, 0.1) is 22.2 Å². The van der Waals surface area contributed by atoms with Crippen molar-refractivity contribution in [1.29, 1.82) is 5.26 Å². The molecule has 0 spiro atoms. The second-order valence-electron chi connectivity index (χ2n) is 5.22. The highest BCUT2D eigenvalue weighted by Crippen LogP contribution is 2.26. The van der Waals surface area contributed by atoms with Gasteiger partial charge in [0.15, 0.2) is 0 Å². The first-order valence-corrected chi connectivity index (χ1v) is 7.91. The van der Waals surface area contributed by atoms with E-state index in [1.807, 2.05) is 18.2 Å². The van der Waals surface area contributed by atoms with Crippen molar-refractivity contribution in [2.24, 2.45) is 0 Å². The van der Waals surface area contributed by atoms with Crippen molar-refractivity contribution in [2.75, 3.05) is 5.32 Å². The van der Waals surface area contributed by atoms with E-state index in [9.17, 15) is 4.79 Å². The number of benzene rings is 2. The molecule has 1 amide bonds. The molecule has 25 heavy (non-hydrogen) atoms. The average Bonchev–Trinajstić information content (AvgIpc) is 3.10. The van der Waals surface area contributed by atoms with Crippen molar-refractivity contribution in [3.8, 4) is 17.5 Å². The van der Waals surface area contributed by atoms with Crippen molar-refractivity contribution in [1.82, 2.24) is 10.2 Å². The molecule has 2 aromatic carbocycles. The van der Waals surface area contributed by atoms with Crippen LogP contribution in [-0.4, -0.2) is 16.1 Å². The first-order chi connectivity index (χ1) is 12.2. The Balaban J connectivity index is 1.57. The summed E-state index contributed by atoms with van der Waals surface area (Å²) in [5.41, 5.74) is 1.83. The SMILES string of the molecule is N#Cc1ccc(NC(=O)CCc2nnc(-c3ccccc3Cl)o2)cc1. The molecule has 1 aromatic heterocycles. The zero-order chi connectivity index (χ0) is 17.6. The summed E-state index contributed by atoms with van der Waals surface area (Å²) < 4.78 is 5.56. The van der Waals surface area contributed by atoms with Crippen LogP contribution in [0.1, 0.15) is 17.9 Å².